The molecule has 3 heterocycles. The van der Waals surface area contributed by atoms with Crippen molar-refractivity contribution in [2.45, 2.75) is 44.7 Å². The first-order valence-corrected chi connectivity index (χ1v) is 11.0. The molecule has 2 unspecified atom stereocenters. The molecule has 1 aromatic heterocycles. The van der Waals surface area contributed by atoms with Crippen LogP contribution in [0.25, 0.3) is 0 Å². The minimum absolute atomic E-state index is 0.440. The maximum Gasteiger partial charge on any atom is 0.191 e. The van der Waals surface area contributed by atoms with E-state index in [0.29, 0.717) is 12.1 Å². The first-order valence-electron chi connectivity index (χ1n) is 10.1. The summed E-state index contributed by atoms with van der Waals surface area (Å²) in [4.78, 5) is 11.0. The molecule has 146 valence electrons. The number of guanidine groups is 1. The molecule has 0 aromatic carbocycles. The average Bonchev–Trinajstić information content (AvgIpc) is 3.31. The van der Waals surface area contributed by atoms with E-state index < -0.39 is 0 Å². The number of hydrogen-bond acceptors (Lipinski definition) is 4. The second-order valence-corrected chi connectivity index (χ2v) is 8.84. The second-order valence-electron chi connectivity index (χ2n) is 7.86. The van der Waals surface area contributed by atoms with Gasteiger partial charge in [0, 0.05) is 31.1 Å². The lowest BCUT2D eigenvalue weighted by molar-refractivity contribution is 0.140. The van der Waals surface area contributed by atoms with Gasteiger partial charge in [-0.15, -0.1) is 11.3 Å². The predicted molar refractivity (Wildman–Crippen MR) is 112 cm³/mol. The van der Waals surface area contributed by atoms with E-state index in [-0.39, 0.29) is 0 Å². The minimum atomic E-state index is 0.440. The van der Waals surface area contributed by atoms with Gasteiger partial charge in [0.2, 0.25) is 0 Å². The van der Waals surface area contributed by atoms with Crippen molar-refractivity contribution in [3.05, 3.63) is 22.4 Å². The highest BCUT2D eigenvalue weighted by molar-refractivity contribution is 7.10. The molecule has 0 saturated carbocycles. The summed E-state index contributed by atoms with van der Waals surface area (Å²) in [6.45, 7) is 7.87. The fourth-order valence-electron chi connectivity index (χ4n) is 4.10. The summed E-state index contributed by atoms with van der Waals surface area (Å²) in [5, 5.41) is 9.32. The Labute approximate surface area is 162 Å². The maximum absolute atomic E-state index is 4.45. The molecule has 0 bridgehead atoms. The van der Waals surface area contributed by atoms with Gasteiger partial charge < -0.3 is 15.5 Å². The molecule has 2 N–H and O–H groups in total. The molecule has 26 heavy (non-hydrogen) atoms. The van der Waals surface area contributed by atoms with Crippen molar-refractivity contribution < 1.29 is 0 Å². The summed E-state index contributed by atoms with van der Waals surface area (Å²) in [6, 6.07) is 5.52. The van der Waals surface area contributed by atoms with Crippen LogP contribution >= 0.6 is 11.3 Å². The van der Waals surface area contributed by atoms with Gasteiger partial charge in [-0.05, 0) is 69.7 Å². The smallest absolute Gasteiger partial charge is 0.191 e. The van der Waals surface area contributed by atoms with Crippen molar-refractivity contribution in [2.75, 3.05) is 46.8 Å². The van der Waals surface area contributed by atoms with Crippen molar-refractivity contribution in [1.82, 2.24) is 20.4 Å². The van der Waals surface area contributed by atoms with Crippen molar-refractivity contribution in [2.24, 2.45) is 10.9 Å². The van der Waals surface area contributed by atoms with Gasteiger partial charge in [0.1, 0.15) is 0 Å². The van der Waals surface area contributed by atoms with Crippen LogP contribution in [0.2, 0.25) is 0 Å². The SMILES string of the molecule is CN=C(NCC1CCCN1C)NCC(c1cccs1)N1CCC(C)CC1. The zero-order valence-corrected chi connectivity index (χ0v) is 17.4. The molecule has 2 saturated heterocycles. The van der Waals surface area contributed by atoms with E-state index >= 15 is 0 Å². The first-order chi connectivity index (χ1) is 12.7. The lowest BCUT2D eigenvalue weighted by Crippen LogP contribution is -2.47. The normalized spacial score (nSPS) is 24.7. The third-order valence-electron chi connectivity index (χ3n) is 5.99. The molecule has 2 aliphatic rings. The number of nitrogens with zero attached hydrogens (tertiary/aromatic N) is 3. The molecule has 2 aliphatic heterocycles. The van der Waals surface area contributed by atoms with Crippen LogP contribution in [-0.2, 0) is 0 Å². The number of likely N-dealkylation sites (tertiary alicyclic amines) is 2. The van der Waals surface area contributed by atoms with Crippen molar-refractivity contribution in [3.63, 3.8) is 0 Å². The van der Waals surface area contributed by atoms with E-state index in [4.69, 9.17) is 0 Å². The van der Waals surface area contributed by atoms with Crippen LogP contribution in [0.15, 0.2) is 22.5 Å². The molecular formula is C20H35N5S. The molecule has 0 aliphatic carbocycles. The fraction of sp³-hybridized carbons (Fsp3) is 0.750. The molecule has 0 spiro atoms. The Morgan fingerprint density at radius 3 is 2.69 bits per heavy atom. The zero-order valence-electron chi connectivity index (χ0n) is 16.6. The average molecular weight is 378 g/mol. The maximum atomic E-state index is 4.45. The van der Waals surface area contributed by atoms with Gasteiger partial charge in [-0.3, -0.25) is 9.89 Å². The van der Waals surface area contributed by atoms with Gasteiger partial charge in [-0.1, -0.05) is 13.0 Å². The molecule has 0 amide bonds. The number of aliphatic imine (C=N–C) groups is 1. The van der Waals surface area contributed by atoms with E-state index in [0.717, 1.165) is 25.0 Å². The number of nitrogens with one attached hydrogen (secondary N) is 2. The van der Waals surface area contributed by atoms with Gasteiger partial charge in [0.25, 0.3) is 0 Å². The molecule has 1 aromatic rings. The summed E-state index contributed by atoms with van der Waals surface area (Å²) < 4.78 is 0. The van der Waals surface area contributed by atoms with Gasteiger partial charge in [-0.2, -0.15) is 0 Å². The molecule has 2 atom stereocenters. The molecule has 2 fully saturated rings. The topological polar surface area (TPSA) is 42.9 Å². The summed E-state index contributed by atoms with van der Waals surface area (Å²) in [5.41, 5.74) is 0. The lowest BCUT2D eigenvalue weighted by Gasteiger charge is -2.36. The Kier molecular flexibility index (Phi) is 7.34. The Morgan fingerprint density at radius 1 is 1.27 bits per heavy atom. The zero-order chi connectivity index (χ0) is 18.4. The lowest BCUT2D eigenvalue weighted by atomic mass is 9.97. The van der Waals surface area contributed by atoms with Crippen LogP contribution in [0.4, 0.5) is 0 Å². The largest absolute Gasteiger partial charge is 0.355 e. The fourth-order valence-corrected chi connectivity index (χ4v) is 4.96. The second kappa shape index (κ2) is 9.72. The van der Waals surface area contributed by atoms with Gasteiger partial charge >= 0.3 is 0 Å². The van der Waals surface area contributed by atoms with Gasteiger partial charge in [0.15, 0.2) is 5.96 Å². The Morgan fingerprint density at radius 2 is 2.08 bits per heavy atom. The minimum Gasteiger partial charge on any atom is -0.355 e. The first kappa shape index (κ1) is 19.6. The van der Waals surface area contributed by atoms with E-state index in [1.165, 1.54) is 50.2 Å². The molecule has 6 heteroatoms. The van der Waals surface area contributed by atoms with Gasteiger partial charge in [0.05, 0.1) is 6.04 Å². The van der Waals surface area contributed by atoms with Crippen LogP contribution in [-0.4, -0.2) is 68.6 Å². The summed E-state index contributed by atoms with van der Waals surface area (Å²) in [6.07, 6.45) is 5.21. The molecule has 0 radical (unpaired) electrons. The third kappa shape index (κ3) is 5.21. The van der Waals surface area contributed by atoms with Crippen LogP contribution < -0.4 is 10.6 Å². The van der Waals surface area contributed by atoms with Crippen LogP contribution in [0.3, 0.4) is 0 Å². The molecule has 5 nitrogen and oxygen atoms in total. The highest BCUT2D eigenvalue weighted by Gasteiger charge is 2.26. The predicted octanol–water partition coefficient (Wildman–Crippen LogP) is 2.78. The summed E-state index contributed by atoms with van der Waals surface area (Å²) in [7, 11) is 4.09. The van der Waals surface area contributed by atoms with E-state index in [1.54, 1.807) is 0 Å². The van der Waals surface area contributed by atoms with E-state index in [9.17, 15) is 0 Å². The Balaban J connectivity index is 1.54. The van der Waals surface area contributed by atoms with Crippen molar-refractivity contribution >= 4 is 17.3 Å². The number of piperidine rings is 1. The molecule has 3 rings (SSSR count). The van der Waals surface area contributed by atoms with Crippen LogP contribution in [0, 0.1) is 5.92 Å². The van der Waals surface area contributed by atoms with Crippen LogP contribution in [0.5, 0.6) is 0 Å². The highest BCUT2D eigenvalue weighted by atomic mass is 32.1. The Hall–Kier alpha value is -1.11. The van der Waals surface area contributed by atoms with Crippen molar-refractivity contribution in [1.29, 1.82) is 0 Å². The number of rotatable bonds is 6. The number of likely N-dealkylation sites (N-methyl/N-ethyl adjacent to an activating group) is 1. The van der Waals surface area contributed by atoms with E-state index in [2.05, 4.69) is 56.9 Å². The number of thiophene rings is 1. The standard InChI is InChI=1S/C20H35N5S/c1-16-8-11-25(12-9-16)18(19-7-5-13-26-19)15-23-20(21-2)22-14-17-6-4-10-24(17)3/h5,7,13,16-18H,4,6,8-12,14-15H2,1-3H3,(H2,21,22,23). The van der Waals surface area contributed by atoms with Gasteiger partial charge in [-0.25, -0.2) is 0 Å². The number of hydrogen-bond donors (Lipinski definition) is 2. The summed E-state index contributed by atoms with van der Waals surface area (Å²) >= 11 is 1.87. The summed E-state index contributed by atoms with van der Waals surface area (Å²) in [5.74, 6) is 1.79. The van der Waals surface area contributed by atoms with Crippen molar-refractivity contribution in [3.8, 4) is 0 Å². The highest BCUT2D eigenvalue weighted by Crippen LogP contribution is 2.29. The quantitative estimate of drug-likeness (QED) is 0.591. The molecular weight excluding hydrogens is 342 g/mol. The van der Waals surface area contributed by atoms with Crippen LogP contribution in [0.1, 0.15) is 43.5 Å². The third-order valence-corrected chi connectivity index (χ3v) is 6.97. The Bertz CT molecular complexity index is 551. The van der Waals surface area contributed by atoms with E-state index in [1.807, 2.05) is 18.4 Å². The monoisotopic (exact) mass is 377 g/mol.